The van der Waals surface area contributed by atoms with E-state index in [1.54, 1.807) is 12.3 Å². The summed E-state index contributed by atoms with van der Waals surface area (Å²) in [5.41, 5.74) is 5.54. The van der Waals surface area contributed by atoms with Gasteiger partial charge >= 0.3 is 5.97 Å². The van der Waals surface area contributed by atoms with Gasteiger partial charge in [0, 0.05) is 24.5 Å². The third-order valence-corrected chi connectivity index (χ3v) is 5.46. The zero-order valence-electron chi connectivity index (χ0n) is 16.8. The van der Waals surface area contributed by atoms with Crippen LogP contribution in [0.4, 0.5) is 0 Å². The van der Waals surface area contributed by atoms with Crippen molar-refractivity contribution in [3.05, 3.63) is 79.9 Å². The number of hydrogen-bond donors (Lipinski definition) is 2. The number of nitriles is 1. The first kappa shape index (κ1) is 19.6. The number of carbonyl (C=O) groups is 1. The molecule has 2 N–H and O–H groups in total. The first-order valence-electron chi connectivity index (χ1n) is 9.65. The predicted octanol–water partition coefficient (Wildman–Crippen LogP) is 2.05. The largest absolute Gasteiger partial charge is 0.457 e. The SMILES string of the molecule is Cc1cc(-n2[nH]cc(CNCCc3ccc4c(c3C)COC4=O)c2=O)ncc1C#N. The molecule has 0 bridgehead atoms. The molecule has 2 aromatic heterocycles. The van der Waals surface area contributed by atoms with Gasteiger partial charge in [-0.2, -0.15) is 5.26 Å². The van der Waals surface area contributed by atoms with Crippen LogP contribution in [0.15, 0.2) is 35.4 Å². The first-order valence-corrected chi connectivity index (χ1v) is 9.65. The van der Waals surface area contributed by atoms with Gasteiger partial charge in [0.1, 0.15) is 12.7 Å². The fraction of sp³-hybridized carbons (Fsp3) is 0.273. The number of hydrogen-bond acceptors (Lipinski definition) is 6. The van der Waals surface area contributed by atoms with Crippen LogP contribution in [-0.4, -0.2) is 27.3 Å². The number of fused-ring (bicyclic) bond motifs is 1. The van der Waals surface area contributed by atoms with Crippen molar-refractivity contribution in [2.45, 2.75) is 33.4 Å². The average Bonchev–Trinajstić information content (AvgIpc) is 3.30. The molecule has 0 atom stereocenters. The van der Waals surface area contributed by atoms with Crippen molar-refractivity contribution < 1.29 is 9.53 Å². The standard InChI is InChI=1S/C22H21N5O3/c1-13-7-20(25-10-16(13)8-23)27-21(28)17(11-26-27)9-24-6-5-15-3-4-18-19(14(15)2)12-30-22(18)29/h3-4,7,10-11,24,26H,5-6,9,12H2,1-2H3. The van der Waals surface area contributed by atoms with Crippen molar-refractivity contribution in [1.82, 2.24) is 20.1 Å². The van der Waals surface area contributed by atoms with E-state index in [2.05, 4.69) is 21.5 Å². The second-order valence-electron chi connectivity index (χ2n) is 7.29. The molecular formula is C22H21N5O3. The smallest absolute Gasteiger partial charge is 0.338 e. The van der Waals surface area contributed by atoms with E-state index in [0.29, 0.717) is 42.2 Å². The van der Waals surface area contributed by atoms with Crippen LogP contribution in [0.3, 0.4) is 0 Å². The highest BCUT2D eigenvalue weighted by Crippen LogP contribution is 2.26. The Hall–Kier alpha value is -3.70. The highest BCUT2D eigenvalue weighted by Gasteiger charge is 2.23. The number of aromatic nitrogens is 3. The number of cyclic esters (lactones) is 1. The number of ether oxygens (including phenoxy) is 1. The van der Waals surface area contributed by atoms with Crippen molar-refractivity contribution in [2.75, 3.05) is 6.54 Å². The van der Waals surface area contributed by atoms with Crippen molar-refractivity contribution in [3.8, 4) is 11.9 Å². The van der Waals surface area contributed by atoms with Crippen LogP contribution in [0.2, 0.25) is 0 Å². The Labute approximate surface area is 173 Å². The Morgan fingerprint density at radius 2 is 2.13 bits per heavy atom. The molecule has 4 rings (SSSR count). The number of aryl methyl sites for hydroxylation is 1. The molecule has 152 valence electrons. The number of rotatable bonds is 6. The summed E-state index contributed by atoms with van der Waals surface area (Å²) < 4.78 is 6.47. The van der Waals surface area contributed by atoms with Crippen LogP contribution in [-0.2, 0) is 24.3 Å². The predicted molar refractivity (Wildman–Crippen MR) is 109 cm³/mol. The van der Waals surface area contributed by atoms with E-state index in [0.717, 1.165) is 28.7 Å². The quantitative estimate of drug-likeness (QED) is 0.481. The highest BCUT2D eigenvalue weighted by molar-refractivity contribution is 5.93. The molecule has 0 aliphatic carbocycles. The van der Waals surface area contributed by atoms with Gasteiger partial charge in [-0.1, -0.05) is 6.07 Å². The molecule has 8 heteroatoms. The minimum atomic E-state index is -0.256. The van der Waals surface area contributed by atoms with Crippen molar-refractivity contribution in [1.29, 1.82) is 5.26 Å². The van der Waals surface area contributed by atoms with Crippen molar-refractivity contribution in [2.24, 2.45) is 0 Å². The maximum Gasteiger partial charge on any atom is 0.338 e. The molecule has 0 saturated heterocycles. The summed E-state index contributed by atoms with van der Waals surface area (Å²) in [6, 6.07) is 7.56. The van der Waals surface area contributed by atoms with E-state index in [1.165, 1.54) is 10.9 Å². The van der Waals surface area contributed by atoms with E-state index >= 15 is 0 Å². The van der Waals surface area contributed by atoms with E-state index in [4.69, 9.17) is 10.00 Å². The number of benzene rings is 1. The van der Waals surface area contributed by atoms with Gasteiger partial charge in [-0.3, -0.25) is 9.89 Å². The number of pyridine rings is 1. The Morgan fingerprint density at radius 3 is 2.90 bits per heavy atom. The molecule has 0 saturated carbocycles. The van der Waals surface area contributed by atoms with Gasteiger partial charge in [-0.25, -0.2) is 14.5 Å². The second kappa shape index (κ2) is 7.97. The van der Waals surface area contributed by atoms with Crippen LogP contribution in [0.1, 0.15) is 43.7 Å². The lowest BCUT2D eigenvalue weighted by Crippen LogP contribution is -2.24. The van der Waals surface area contributed by atoms with Crippen molar-refractivity contribution >= 4 is 5.97 Å². The molecule has 0 radical (unpaired) electrons. The summed E-state index contributed by atoms with van der Waals surface area (Å²) in [6.45, 7) is 5.26. The monoisotopic (exact) mass is 403 g/mol. The normalized spacial score (nSPS) is 12.5. The highest BCUT2D eigenvalue weighted by atomic mass is 16.5. The Balaban J connectivity index is 1.39. The Morgan fingerprint density at radius 1 is 1.30 bits per heavy atom. The van der Waals surface area contributed by atoms with Crippen molar-refractivity contribution in [3.63, 3.8) is 0 Å². The molecular weight excluding hydrogens is 382 g/mol. The van der Waals surface area contributed by atoms with Gasteiger partial charge in [0.25, 0.3) is 5.56 Å². The molecule has 1 aromatic carbocycles. The molecule has 0 fully saturated rings. The van der Waals surface area contributed by atoms with Gasteiger partial charge < -0.3 is 10.1 Å². The number of aromatic amines is 1. The number of nitrogens with one attached hydrogen (secondary N) is 2. The summed E-state index contributed by atoms with van der Waals surface area (Å²) >= 11 is 0. The van der Waals surface area contributed by atoms with Gasteiger partial charge in [0.15, 0.2) is 5.82 Å². The topological polar surface area (TPSA) is 113 Å². The zero-order valence-corrected chi connectivity index (χ0v) is 16.8. The molecule has 3 aromatic rings. The molecule has 8 nitrogen and oxygen atoms in total. The van der Waals surface area contributed by atoms with Crippen LogP contribution in [0.5, 0.6) is 0 Å². The molecule has 0 spiro atoms. The second-order valence-corrected chi connectivity index (χ2v) is 7.29. The molecule has 0 amide bonds. The molecule has 1 aliphatic heterocycles. The summed E-state index contributed by atoms with van der Waals surface area (Å²) in [7, 11) is 0. The minimum absolute atomic E-state index is 0.177. The van der Waals surface area contributed by atoms with Crippen LogP contribution in [0.25, 0.3) is 5.82 Å². The number of carbonyl (C=O) groups excluding carboxylic acids is 1. The summed E-state index contributed by atoms with van der Waals surface area (Å²) in [4.78, 5) is 28.5. The molecule has 30 heavy (non-hydrogen) atoms. The third kappa shape index (κ3) is 3.51. The summed E-state index contributed by atoms with van der Waals surface area (Å²) in [6.07, 6.45) is 3.91. The van der Waals surface area contributed by atoms with E-state index < -0.39 is 0 Å². The van der Waals surface area contributed by atoms with Gasteiger partial charge in [-0.05, 0) is 55.6 Å². The van der Waals surface area contributed by atoms with Gasteiger partial charge in [0.2, 0.25) is 0 Å². The maximum absolute atomic E-state index is 12.7. The van der Waals surface area contributed by atoms with Crippen LogP contribution >= 0.6 is 0 Å². The minimum Gasteiger partial charge on any atom is -0.457 e. The number of nitrogens with zero attached hydrogens (tertiary/aromatic N) is 3. The van der Waals surface area contributed by atoms with Gasteiger partial charge in [-0.15, -0.1) is 0 Å². The van der Waals surface area contributed by atoms with E-state index in [9.17, 15) is 9.59 Å². The van der Waals surface area contributed by atoms with Crippen LogP contribution in [0, 0.1) is 25.2 Å². The Bertz CT molecular complexity index is 1230. The first-order chi connectivity index (χ1) is 14.5. The zero-order chi connectivity index (χ0) is 21.3. The number of H-pyrrole nitrogens is 1. The lowest BCUT2D eigenvalue weighted by Gasteiger charge is -2.09. The van der Waals surface area contributed by atoms with Gasteiger partial charge in [0.05, 0.1) is 16.7 Å². The lowest BCUT2D eigenvalue weighted by atomic mass is 9.97. The summed E-state index contributed by atoms with van der Waals surface area (Å²) in [5.74, 6) is 0.196. The van der Waals surface area contributed by atoms with Crippen LogP contribution < -0.4 is 10.9 Å². The lowest BCUT2D eigenvalue weighted by molar-refractivity contribution is 0.0535. The summed E-state index contributed by atoms with van der Waals surface area (Å²) in [5, 5.41) is 15.2. The van der Waals surface area contributed by atoms with E-state index in [-0.39, 0.29) is 11.5 Å². The Kier molecular flexibility index (Phi) is 5.21. The fourth-order valence-electron chi connectivity index (χ4n) is 3.60. The van der Waals surface area contributed by atoms with E-state index in [1.807, 2.05) is 26.0 Å². The molecule has 3 heterocycles. The maximum atomic E-state index is 12.7. The molecule has 1 aliphatic rings. The third-order valence-electron chi connectivity index (χ3n) is 5.46. The molecule has 0 unspecified atom stereocenters. The number of esters is 1. The fourth-order valence-corrected chi connectivity index (χ4v) is 3.60. The average molecular weight is 403 g/mol.